The zero-order chi connectivity index (χ0) is 42.0. The van der Waals surface area contributed by atoms with E-state index in [0.29, 0.717) is 0 Å². The number of hydrogen-bond acceptors (Lipinski definition) is 1. The number of anilines is 3. The van der Waals surface area contributed by atoms with E-state index in [0.717, 1.165) is 22.6 Å². The number of benzene rings is 11. The van der Waals surface area contributed by atoms with Gasteiger partial charge in [0.15, 0.2) is 0 Å². The first-order valence-electron chi connectivity index (χ1n) is 21.7. The first-order valence-corrected chi connectivity index (χ1v) is 21.7. The SMILES string of the molecule is c1ccc(-c2ccc(N(c3ccc(-c4cccc(-c5cc(-c6ccccc6)cc(-c6ccccc6)c5-c5ccccc5)c4)cc3)c3ccc4c(ccc5ccccc54)c3)cc2)cc1. The van der Waals surface area contributed by atoms with E-state index in [-0.39, 0.29) is 0 Å². The maximum absolute atomic E-state index is 2.37. The summed E-state index contributed by atoms with van der Waals surface area (Å²) in [6.07, 6.45) is 0. The summed E-state index contributed by atoms with van der Waals surface area (Å²) < 4.78 is 0. The van der Waals surface area contributed by atoms with Gasteiger partial charge in [0.2, 0.25) is 0 Å². The molecule has 0 unspecified atom stereocenters. The number of fused-ring (bicyclic) bond motifs is 3. The van der Waals surface area contributed by atoms with Crippen LogP contribution < -0.4 is 4.90 Å². The smallest absolute Gasteiger partial charge is 0.0468 e. The molecule has 11 aromatic carbocycles. The van der Waals surface area contributed by atoms with E-state index in [1.54, 1.807) is 0 Å². The molecular formula is C62H43N. The molecule has 0 radical (unpaired) electrons. The van der Waals surface area contributed by atoms with Gasteiger partial charge in [-0.15, -0.1) is 0 Å². The molecule has 11 aromatic rings. The fourth-order valence-corrected chi connectivity index (χ4v) is 9.12. The Morgan fingerprint density at radius 2 is 0.635 bits per heavy atom. The topological polar surface area (TPSA) is 3.24 Å². The van der Waals surface area contributed by atoms with Crippen molar-refractivity contribution < 1.29 is 0 Å². The lowest BCUT2D eigenvalue weighted by molar-refractivity contribution is 1.29. The molecule has 0 aliphatic heterocycles. The summed E-state index contributed by atoms with van der Waals surface area (Å²) in [6.45, 7) is 0. The third-order valence-corrected chi connectivity index (χ3v) is 12.2. The maximum atomic E-state index is 2.37. The van der Waals surface area contributed by atoms with Crippen LogP contribution in [0.1, 0.15) is 0 Å². The van der Waals surface area contributed by atoms with Crippen LogP contribution in [-0.4, -0.2) is 0 Å². The van der Waals surface area contributed by atoms with Gasteiger partial charge in [-0.25, -0.2) is 0 Å². The molecule has 0 aliphatic rings. The molecule has 0 saturated carbocycles. The zero-order valence-corrected chi connectivity index (χ0v) is 34.8. The van der Waals surface area contributed by atoms with Crippen molar-refractivity contribution in [3.63, 3.8) is 0 Å². The lowest BCUT2D eigenvalue weighted by atomic mass is 9.84. The molecule has 63 heavy (non-hydrogen) atoms. The van der Waals surface area contributed by atoms with Crippen molar-refractivity contribution in [3.05, 3.63) is 261 Å². The van der Waals surface area contributed by atoms with Crippen molar-refractivity contribution in [2.75, 3.05) is 4.90 Å². The third-order valence-electron chi connectivity index (χ3n) is 12.2. The molecule has 0 fully saturated rings. The van der Waals surface area contributed by atoms with Gasteiger partial charge in [0.05, 0.1) is 0 Å². The molecule has 0 spiro atoms. The Bertz CT molecular complexity index is 3340. The van der Waals surface area contributed by atoms with Crippen molar-refractivity contribution in [2.24, 2.45) is 0 Å². The lowest BCUT2D eigenvalue weighted by Gasteiger charge is -2.26. The van der Waals surface area contributed by atoms with Crippen LogP contribution >= 0.6 is 0 Å². The maximum Gasteiger partial charge on any atom is 0.0468 e. The lowest BCUT2D eigenvalue weighted by Crippen LogP contribution is -2.09. The Kier molecular flexibility index (Phi) is 9.97. The molecule has 296 valence electrons. The summed E-state index contributed by atoms with van der Waals surface area (Å²) in [5.74, 6) is 0. The predicted molar refractivity (Wildman–Crippen MR) is 269 cm³/mol. The van der Waals surface area contributed by atoms with Crippen LogP contribution in [0.3, 0.4) is 0 Å². The summed E-state index contributed by atoms with van der Waals surface area (Å²) in [4.78, 5) is 2.37. The fraction of sp³-hybridized carbons (Fsp3) is 0. The van der Waals surface area contributed by atoms with Crippen LogP contribution in [-0.2, 0) is 0 Å². The molecule has 0 amide bonds. The second-order valence-corrected chi connectivity index (χ2v) is 16.1. The Balaban J connectivity index is 1.02. The van der Waals surface area contributed by atoms with Crippen LogP contribution in [0.15, 0.2) is 261 Å². The Morgan fingerprint density at radius 3 is 1.27 bits per heavy atom. The Morgan fingerprint density at radius 1 is 0.206 bits per heavy atom. The minimum absolute atomic E-state index is 1.09. The second kappa shape index (κ2) is 16.7. The van der Waals surface area contributed by atoms with E-state index in [1.165, 1.54) is 82.7 Å². The highest BCUT2D eigenvalue weighted by atomic mass is 15.1. The normalized spacial score (nSPS) is 11.2. The van der Waals surface area contributed by atoms with E-state index in [4.69, 9.17) is 0 Å². The van der Waals surface area contributed by atoms with Gasteiger partial charge in [0.25, 0.3) is 0 Å². The first kappa shape index (κ1) is 37.7. The van der Waals surface area contributed by atoms with Gasteiger partial charge in [0.1, 0.15) is 0 Å². The highest BCUT2D eigenvalue weighted by Crippen LogP contribution is 2.45. The van der Waals surface area contributed by atoms with E-state index in [9.17, 15) is 0 Å². The van der Waals surface area contributed by atoms with Crippen LogP contribution in [0.2, 0.25) is 0 Å². The number of hydrogen-bond donors (Lipinski definition) is 0. The van der Waals surface area contributed by atoms with Gasteiger partial charge >= 0.3 is 0 Å². The number of nitrogens with zero attached hydrogens (tertiary/aromatic N) is 1. The van der Waals surface area contributed by atoms with E-state index in [1.807, 2.05) is 0 Å². The van der Waals surface area contributed by atoms with Crippen molar-refractivity contribution >= 4 is 38.6 Å². The van der Waals surface area contributed by atoms with E-state index < -0.39 is 0 Å². The monoisotopic (exact) mass is 801 g/mol. The van der Waals surface area contributed by atoms with Crippen molar-refractivity contribution in [3.8, 4) is 66.8 Å². The molecule has 0 aliphatic carbocycles. The minimum atomic E-state index is 1.09. The van der Waals surface area contributed by atoms with Crippen LogP contribution in [0.5, 0.6) is 0 Å². The molecule has 0 bridgehead atoms. The molecule has 1 heteroatoms. The average Bonchev–Trinajstić information content (AvgIpc) is 3.37. The third kappa shape index (κ3) is 7.47. The minimum Gasteiger partial charge on any atom is -0.310 e. The molecule has 0 atom stereocenters. The summed E-state index contributed by atoms with van der Waals surface area (Å²) in [6, 6.07) is 94.7. The molecule has 0 aromatic heterocycles. The van der Waals surface area contributed by atoms with Crippen molar-refractivity contribution in [1.82, 2.24) is 0 Å². The van der Waals surface area contributed by atoms with Crippen molar-refractivity contribution in [1.29, 1.82) is 0 Å². The first-order chi connectivity index (χ1) is 31.2. The molecule has 0 N–H and O–H groups in total. The second-order valence-electron chi connectivity index (χ2n) is 16.1. The molecule has 11 rings (SSSR count). The van der Waals surface area contributed by atoms with Gasteiger partial charge in [0, 0.05) is 17.1 Å². The molecule has 0 saturated heterocycles. The Hall–Kier alpha value is -8.26. The average molecular weight is 802 g/mol. The van der Waals surface area contributed by atoms with Crippen LogP contribution in [0.25, 0.3) is 88.3 Å². The molecule has 0 heterocycles. The largest absolute Gasteiger partial charge is 0.310 e. The summed E-state index contributed by atoms with van der Waals surface area (Å²) in [5, 5.41) is 4.99. The van der Waals surface area contributed by atoms with E-state index in [2.05, 4.69) is 266 Å². The van der Waals surface area contributed by atoms with Gasteiger partial charge in [-0.2, -0.15) is 0 Å². The predicted octanol–water partition coefficient (Wildman–Crippen LogP) is 17.5. The summed E-state index contributed by atoms with van der Waals surface area (Å²) in [5.41, 5.74) is 17.6. The summed E-state index contributed by atoms with van der Waals surface area (Å²) >= 11 is 0. The quantitative estimate of drug-likeness (QED) is 0.131. The van der Waals surface area contributed by atoms with Crippen LogP contribution in [0, 0.1) is 0 Å². The Labute approximate surface area is 369 Å². The number of rotatable bonds is 9. The van der Waals surface area contributed by atoms with Gasteiger partial charge in [-0.3, -0.25) is 0 Å². The van der Waals surface area contributed by atoms with Gasteiger partial charge in [-0.05, 0) is 143 Å². The molecule has 1 nitrogen and oxygen atoms in total. The highest BCUT2D eigenvalue weighted by Gasteiger charge is 2.19. The van der Waals surface area contributed by atoms with Gasteiger partial charge in [-0.1, -0.05) is 206 Å². The highest BCUT2D eigenvalue weighted by molar-refractivity contribution is 6.08. The van der Waals surface area contributed by atoms with Crippen LogP contribution in [0.4, 0.5) is 17.1 Å². The summed E-state index contributed by atoms with van der Waals surface area (Å²) in [7, 11) is 0. The fourth-order valence-electron chi connectivity index (χ4n) is 9.12. The standard InChI is InChI=1S/C62H43N/c1-5-16-44(17-6-1)46-30-34-55(35-31-46)63(57-38-39-59-53(41-57)29-28-49-22-13-14-27-58(49)59)56-36-32-47(33-37-56)51-25-15-26-52(40-51)61-43-54(45-18-7-2-8-19-45)42-60(48-20-9-3-10-21-48)62(61)50-23-11-4-12-24-50/h1-43H. The molecular weight excluding hydrogens is 759 g/mol. The van der Waals surface area contributed by atoms with E-state index >= 15 is 0 Å². The van der Waals surface area contributed by atoms with Crippen molar-refractivity contribution in [2.45, 2.75) is 0 Å². The zero-order valence-electron chi connectivity index (χ0n) is 34.8. The van der Waals surface area contributed by atoms with Gasteiger partial charge < -0.3 is 4.90 Å².